The van der Waals surface area contributed by atoms with Crippen molar-refractivity contribution in [2.75, 3.05) is 0 Å². The number of rotatable bonds is 3. The summed E-state index contributed by atoms with van der Waals surface area (Å²) < 4.78 is 6.41. The summed E-state index contributed by atoms with van der Waals surface area (Å²) in [5, 5.41) is 2.40. The molecule has 0 saturated heterocycles. The molecule has 0 spiro atoms. The minimum atomic E-state index is -0.720. The molecule has 1 saturated carbocycles. The molecule has 3 aromatic carbocycles. The first-order chi connectivity index (χ1) is 13.6. The predicted molar refractivity (Wildman–Crippen MR) is 113 cm³/mol. The highest BCUT2D eigenvalue weighted by Crippen LogP contribution is 2.57. The van der Waals surface area contributed by atoms with Gasteiger partial charge in [0.15, 0.2) is 5.60 Å². The monoisotopic (exact) mass is 368 g/mol. The Bertz CT molecular complexity index is 1100. The average molecular weight is 368 g/mol. The van der Waals surface area contributed by atoms with Crippen LogP contribution in [0.5, 0.6) is 0 Å². The smallest absolute Gasteiger partial charge is 0.334 e. The summed E-state index contributed by atoms with van der Waals surface area (Å²) in [5.41, 5.74) is 4.36. The van der Waals surface area contributed by atoms with E-state index >= 15 is 0 Å². The van der Waals surface area contributed by atoms with Crippen LogP contribution >= 0.6 is 0 Å². The van der Waals surface area contributed by atoms with Crippen molar-refractivity contribution in [2.24, 2.45) is 5.92 Å². The molecular weight excluding hydrogens is 344 g/mol. The molecule has 2 aliphatic carbocycles. The van der Waals surface area contributed by atoms with Crippen LogP contribution in [0.25, 0.3) is 21.9 Å². The number of fused-ring (bicyclic) bond motifs is 4. The quantitative estimate of drug-likeness (QED) is 0.396. The van der Waals surface area contributed by atoms with Crippen molar-refractivity contribution in [3.63, 3.8) is 0 Å². The zero-order chi connectivity index (χ0) is 19.3. The zero-order valence-corrected chi connectivity index (χ0v) is 16.2. The van der Waals surface area contributed by atoms with Crippen LogP contribution in [0.1, 0.15) is 43.7 Å². The van der Waals surface area contributed by atoms with E-state index in [0.29, 0.717) is 11.5 Å². The molecule has 1 atom stereocenters. The Hall–Kier alpha value is -2.87. The van der Waals surface area contributed by atoms with Crippen molar-refractivity contribution in [1.82, 2.24) is 0 Å². The Balaban J connectivity index is 1.84. The van der Waals surface area contributed by atoms with E-state index in [1.807, 2.05) is 0 Å². The Labute approximate surface area is 165 Å². The van der Waals surface area contributed by atoms with E-state index in [1.165, 1.54) is 34.7 Å². The normalized spacial score (nSPS) is 20.8. The van der Waals surface area contributed by atoms with Gasteiger partial charge in [-0.05, 0) is 53.8 Å². The van der Waals surface area contributed by atoms with Gasteiger partial charge in [0.2, 0.25) is 0 Å². The van der Waals surface area contributed by atoms with Crippen LogP contribution < -0.4 is 0 Å². The molecule has 2 nitrogen and oxygen atoms in total. The Kier molecular flexibility index (Phi) is 3.90. The number of hydrogen-bond donors (Lipinski definition) is 0. The maximum atomic E-state index is 12.8. The largest absolute Gasteiger partial charge is 0.446 e. The Morgan fingerprint density at radius 3 is 2.29 bits per heavy atom. The fourth-order valence-electron chi connectivity index (χ4n) is 5.16. The second-order valence-corrected chi connectivity index (χ2v) is 8.18. The summed E-state index contributed by atoms with van der Waals surface area (Å²) in [5.74, 6) is -0.0120. The molecule has 2 aliphatic rings. The van der Waals surface area contributed by atoms with Crippen molar-refractivity contribution in [1.29, 1.82) is 0 Å². The van der Waals surface area contributed by atoms with Gasteiger partial charge in [-0.25, -0.2) is 4.79 Å². The summed E-state index contributed by atoms with van der Waals surface area (Å²) in [6.45, 7) is 5.57. The van der Waals surface area contributed by atoms with Gasteiger partial charge in [0.05, 0.1) is 0 Å². The standard InChI is InChI=1S/C26H24O2/c1-17(2)25(27)28-26(20-11-5-6-12-20)23-14-8-7-13-21(23)22-15-18-9-3-4-10-19(18)16-24(22)26/h3-4,7-10,13-16,20H,1,5-6,11-12H2,2H3. The maximum absolute atomic E-state index is 12.8. The highest BCUT2D eigenvalue weighted by Gasteiger charge is 2.52. The molecule has 5 rings (SSSR count). The average Bonchev–Trinajstić information content (AvgIpc) is 3.33. The molecule has 0 aromatic heterocycles. The number of ether oxygens (including phenoxy) is 1. The van der Waals surface area contributed by atoms with Crippen LogP contribution in [-0.2, 0) is 15.1 Å². The minimum Gasteiger partial charge on any atom is -0.446 e. The highest BCUT2D eigenvalue weighted by atomic mass is 16.6. The molecule has 0 radical (unpaired) electrons. The molecule has 28 heavy (non-hydrogen) atoms. The van der Waals surface area contributed by atoms with Gasteiger partial charge in [0.25, 0.3) is 0 Å². The molecule has 0 aliphatic heterocycles. The van der Waals surface area contributed by atoms with Gasteiger partial charge in [0, 0.05) is 22.6 Å². The molecule has 1 fully saturated rings. The van der Waals surface area contributed by atoms with E-state index < -0.39 is 5.60 Å². The van der Waals surface area contributed by atoms with Gasteiger partial charge in [-0.1, -0.05) is 68.0 Å². The van der Waals surface area contributed by atoms with Crippen LogP contribution in [-0.4, -0.2) is 5.97 Å². The van der Waals surface area contributed by atoms with Crippen LogP contribution in [0.4, 0.5) is 0 Å². The molecule has 0 N–H and O–H groups in total. The van der Waals surface area contributed by atoms with Gasteiger partial charge >= 0.3 is 5.97 Å². The Morgan fingerprint density at radius 2 is 1.57 bits per heavy atom. The summed E-state index contributed by atoms with van der Waals surface area (Å²) in [4.78, 5) is 12.8. The van der Waals surface area contributed by atoms with Crippen LogP contribution in [0.3, 0.4) is 0 Å². The fraction of sp³-hybridized carbons (Fsp3) is 0.269. The lowest BCUT2D eigenvalue weighted by Crippen LogP contribution is -2.38. The van der Waals surface area contributed by atoms with Crippen molar-refractivity contribution in [3.8, 4) is 11.1 Å². The summed E-state index contributed by atoms with van der Waals surface area (Å²) in [6.07, 6.45) is 4.51. The number of hydrogen-bond acceptors (Lipinski definition) is 2. The van der Waals surface area contributed by atoms with Crippen LogP contribution in [0, 0.1) is 5.92 Å². The number of carbonyl (C=O) groups is 1. The third kappa shape index (κ3) is 2.37. The molecule has 3 aromatic rings. The van der Waals surface area contributed by atoms with Gasteiger partial charge in [-0.2, -0.15) is 0 Å². The van der Waals surface area contributed by atoms with Crippen molar-refractivity contribution in [2.45, 2.75) is 38.2 Å². The van der Waals surface area contributed by atoms with Crippen molar-refractivity contribution >= 4 is 16.7 Å². The Morgan fingerprint density at radius 1 is 0.929 bits per heavy atom. The highest BCUT2D eigenvalue weighted by molar-refractivity contribution is 5.95. The molecule has 0 bridgehead atoms. The van der Waals surface area contributed by atoms with Crippen molar-refractivity contribution < 1.29 is 9.53 Å². The second kappa shape index (κ2) is 6.34. The number of benzene rings is 3. The second-order valence-electron chi connectivity index (χ2n) is 8.18. The fourth-order valence-corrected chi connectivity index (χ4v) is 5.16. The van der Waals surface area contributed by atoms with E-state index in [2.05, 4.69) is 67.2 Å². The molecule has 140 valence electrons. The predicted octanol–water partition coefficient (Wildman–Crippen LogP) is 6.37. The van der Waals surface area contributed by atoms with E-state index in [1.54, 1.807) is 6.92 Å². The van der Waals surface area contributed by atoms with Gasteiger partial charge in [0.1, 0.15) is 0 Å². The first kappa shape index (κ1) is 17.2. The topological polar surface area (TPSA) is 26.3 Å². The summed E-state index contributed by atoms with van der Waals surface area (Å²) in [6, 6.07) is 21.4. The van der Waals surface area contributed by atoms with Crippen molar-refractivity contribution in [3.05, 3.63) is 83.9 Å². The van der Waals surface area contributed by atoms with E-state index in [4.69, 9.17) is 4.74 Å². The molecular formula is C26H24O2. The third-order valence-electron chi connectivity index (χ3n) is 6.44. The minimum absolute atomic E-state index is 0.291. The molecule has 1 unspecified atom stereocenters. The summed E-state index contributed by atoms with van der Waals surface area (Å²) in [7, 11) is 0. The molecule has 0 heterocycles. The first-order valence-electron chi connectivity index (χ1n) is 10.1. The third-order valence-corrected chi connectivity index (χ3v) is 6.44. The lowest BCUT2D eigenvalue weighted by Gasteiger charge is -2.37. The summed E-state index contributed by atoms with van der Waals surface area (Å²) >= 11 is 0. The van der Waals surface area contributed by atoms with Gasteiger partial charge in [-0.3, -0.25) is 0 Å². The number of carbonyl (C=O) groups excluding carboxylic acids is 1. The van der Waals surface area contributed by atoms with E-state index in [9.17, 15) is 4.79 Å². The molecule has 0 amide bonds. The lowest BCUT2D eigenvalue weighted by molar-refractivity contribution is -0.156. The lowest BCUT2D eigenvalue weighted by atomic mass is 9.77. The van der Waals surface area contributed by atoms with E-state index in [-0.39, 0.29) is 5.97 Å². The van der Waals surface area contributed by atoms with Crippen LogP contribution in [0.2, 0.25) is 0 Å². The molecule has 2 heteroatoms. The van der Waals surface area contributed by atoms with Crippen LogP contribution in [0.15, 0.2) is 72.8 Å². The van der Waals surface area contributed by atoms with Gasteiger partial charge < -0.3 is 4.74 Å². The first-order valence-corrected chi connectivity index (χ1v) is 10.1. The maximum Gasteiger partial charge on any atom is 0.334 e. The van der Waals surface area contributed by atoms with Gasteiger partial charge in [-0.15, -0.1) is 0 Å². The number of esters is 1. The SMILES string of the molecule is C=C(C)C(=O)OC1(C2CCCC2)c2ccccc2-c2cc3ccccc3cc21. The zero-order valence-electron chi connectivity index (χ0n) is 16.2. The van der Waals surface area contributed by atoms with E-state index in [0.717, 1.165) is 24.0 Å².